The molecule has 0 aliphatic rings. The maximum Gasteiger partial charge on any atom is 0.457 e. The maximum atomic E-state index is 14.2. The molecule has 0 saturated carbocycles. The Morgan fingerprint density at radius 3 is 0.759 bits per heavy atom. The highest BCUT2D eigenvalue weighted by atomic mass is 32.2. The predicted molar refractivity (Wildman–Crippen MR) is 50.4 cm³/mol. The van der Waals surface area contributed by atoms with Gasteiger partial charge in [-0.2, -0.15) is 70.2 Å². The average Bonchev–Trinajstić information content (AvgIpc) is 2.29. The Kier molecular flexibility index (Phi) is 6.08. The number of hydrogen-bond donors (Lipinski definition) is 0. The molecule has 0 aromatic heterocycles. The highest BCUT2D eigenvalue weighted by Crippen LogP contribution is 2.69. The molecule has 0 bridgehead atoms. The molecule has 176 valence electrons. The molecule has 0 aromatic carbocycles. The largest absolute Gasteiger partial charge is 0.747 e. The normalized spacial score (nSPS) is 16.9. The fourth-order valence-corrected chi connectivity index (χ4v) is 3.20. The summed E-state index contributed by atoms with van der Waals surface area (Å²) in [6.45, 7) is 0. The van der Waals surface area contributed by atoms with Crippen LogP contribution in [0, 0.1) is 0 Å². The minimum Gasteiger partial charge on any atom is -0.747 e. The van der Waals surface area contributed by atoms with Gasteiger partial charge in [0.15, 0.2) is 0 Å². The van der Waals surface area contributed by atoms with E-state index in [2.05, 4.69) is 0 Å². The van der Waals surface area contributed by atoms with Crippen LogP contribution in [-0.4, -0.2) is 59.9 Å². The van der Waals surface area contributed by atoms with Crippen LogP contribution in [-0.2, 0) is 10.1 Å². The standard InChI is InChI=1S/C8HF17O3S/c9-1(3(10,11)7(20,21)22,4(12,13)8(23,24)25)2(5(14,15)16,6(17,18)19)29(26,27)28/h(H,26,27,28)/p-1. The molecule has 0 amide bonds. The summed E-state index contributed by atoms with van der Waals surface area (Å²) in [4.78, 5) is 0. The third-order valence-corrected chi connectivity index (χ3v) is 4.73. The lowest BCUT2D eigenvalue weighted by atomic mass is 9.75. The SMILES string of the molecule is O=S(=O)([O-])C(C(F)(F)F)(C(F)(F)F)C(F)(C(F)(F)C(F)(F)F)C(F)(F)C(F)(F)F. The van der Waals surface area contributed by atoms with Crippen molar-refractivity contribution in [2.45, 2.75) is 47.0 Å². The number of halogens is 17. The van der Waals surface area contributed by atoms with Gasteiger partial charge in [-0.1, -0.05) is 0 Å². The second kappa shape index (κ2) is 6.36. The highest BCUT2D eigenvalue weighted by molar-refractivity contribution is 7.87. The van der Waals surface area contributed by atoms with E-state index in [0.717, 1.165) is 0 Å². The van der Waals surface area contributed by atoms with Crippen molar-refractivity contribution in [1.29, 1.82) is 0 Å². The molecule has 0 spiro atoms. The van der Waals surface area contributed by atoms with Crippen molar-refractivity contribution in [3.05, 3.63) is 0 Å². The zero-order valence-electron chi connectivity index (χ0n) is 12.1. The third-order valence-electron chi connectivity index (χ3n) is 3.24. The Bertz CT molecular complexity index is 680. The minimum absolute atomic E-state index is 8.43. The molecule has 0 saturated heterocycles. The van der Waals surface area contributed by atoms with Crippen molar-refractivity contribution >= 4 is 10.1 Å². The van der Waals surface area contributed by atoms with Crippen molar-refractivity contribution in [2.24, 2.45) is 0 Å². The molecule has 0 fully saturated rings. The van der Waals surface area contributed by atoms with E-state index in [9.17, 15) is 87.6 Å². The van der Waals surface area contributed by atoms with Gasteiger partial charge in [-0.25, -0.2) is 12.8 Å². The Morgan fingerprint density at radius 1 is 0.448 bits per heavy atom. The van der Waals surface area contributed by atoms with Gasteiger partial charge in [0.1, 0.15) is 10.1 Å². The van der Waals surface area contributed by atoms with E-state index in [1.54, 1.807) is 0 Å². The monoisotopic (exact) mass is 499 g/mol. The highest BCUT2D eigenvalue weighted by Gasteiger charge is 3.02. The van der Waals surface area contributed by atoms with Crippen molar-refractivity contribution in [3.8, 4) is 0 Å². The first-order valence-electron chi connectivity index (χ1n) is 5.67. The van der Waals surface area contributed by atoms with E-state index < -0.39 is 57.1 Å². The van der Waals surface area contributed by atoms with Gasteiger partial charge in [0.25, 0.3) is 10.4 Å². The van der Waals surface area contributed by atoms with Crippen LogP contribution in [0.15, 0.2) is 0 Å². The van der Waals surface area contributed by atoms with Crippen LogP contribution in [0.1, 0.15) is 0 Å². The van der Waals surface area contributed by atoms with Crippen LogP contribution in [0.3, 0.4) is 0 Å². The second-order valence-electron chi connectivity index (χ2n) is 4.93. The molecule has 0 rings (SSSR count). The Morgan fingerprint density at radius 2 is 0.655 bits per heavy atom. The van der Waals surface area contributed by atoms with Crippen molar-refractivity contribution in [3.63, 3.8) is 0 Å². The van der Waals surface area contributed by atoms with Gasteiger partial charge in [-0.05, 0) is 0 Å². The molecule has 29 heavy (non-hydrogen) atoms. The van der Waals surface area contributed by atoms with E-state index in [0.29, 0.717) is 0 Å². The Hall–Kier alpha value is -1.28. The van der Waals surface area contributed by atoms with Crippen LogP contribution in [0.25, 0.3) is 0 Å². The fraction of sp³-hybridized carbons (Fsp3) is 1.00. The molecule has 0 atom stereocenters. The molecule has 0 radical (unpaired) electrons. The zero-order valence-corrected chi connectivity index (χ0v) is 12.9. The van der Waals surface area contributed by atoms with Crippen LogP contribution in [0.5, 0.6) is 0 Å². The van der Waals surface area contributed by atoms with Crippen LogP contribution < -0.4 is 0 Å². The lowest BCUT2D eigenvalue weighted by molar-refractivity contribution is -0.446. The summed E-state index contributed by atoms with van der Waals surface area (Å²) in [6, 6.07) is 0. The zero-order chi connectivity index (χ0) is 24.5. The average molecular weight is 499 g/mol. The van der Waals surface area contributed by atoms with Gasteiger partial charge in [0.2, 0.25) is 0 Å². The van der Waals surface area contributed by atoms with Crippen molar-refractivity contribution in [2.75, 3.05) is 0 Å². The molecule has 0 aliphatic carbocycles. The molecular weight excluding hydrogens is 499 g/mol. The van der Waals surface area contributed by atoms with E-state index in [-0.39, 0.29) is 0 Å². The summed E-state index contributed by atoms with van der Waals surface area (Å²) in [5.41, 5.74) is -9.54. The van der Waals surface area contributed by atoms with Gasteiger partial charge < -0.3 is 4.55 Å². The summed E-state index contributed by atoms with van der Waals surface area (Å²) in [7, 11) is -9.32. The first-order valence-corrected chi connectivity index (χ1v) is 7.08. The fourth-order valence-electron chi connectivity index (χ4n) is 2.04. The van der Waals surface area contributed by atoms with E-state index >= 15 is 0 Å². The molecule has 0 N–H and O–H groups in total. The second-order valence-corrected chi connectivity index (χ2v) is 6.45. The summed E-state index contributed by atoms with van der Waals surface area (Å²) < 4.78 is 239. The Balaban J connectivity index is 8.37. The van der Waals surface area contributed by atoms with Crippen LogP contribution in [0.4, 0.5) is 74.6 Å². The Labute approximate surface area is 146 Å². The topological polar surface area (TPSA) is 57.2 Å². The molecule has 0 aromatic rings. The van der Waals surface area contributed by atoms with E-state index in [1.807, 2.05) is 0 Å². The summed E-state index contributed by atoms with van der Waals surface area (Å²) in [5.74, 6) is -18.1. The molecular formula is C8F17O3S-. The molecule has 0 aliphatic heterocycles. The molecule has 3 nitrogen and oxygen atoms in total. The quantitative estimate of drug-likeness (QED) is 0.423. The number of alkyl halides is 17. The summed E-state index contributed by atoms with van der Waals surface area (Å²) >= 11 is 0. The maximum absolute atomic E-state index is 14.2. The number of rotatable bonds is 4. The van der Waals surface area contributed by atoms with Gasteiger partial charge in [-0.3, -0.25) is 0 Å². The minimum atomic E-state index is -9.54. The molecule has 0 heterocycles. The van der Waals surface area contributed by atoms with Gasteiger partial charge in [0, 0.05) is 0 Å². The summed E-state index contributed by atoms with van der Waals surface area (Å²) in [6.07, 6.45) is -34.3. The predicted octanol–water partition coefficient (Wildman–Crippen LogP) is 4.50. The van der Waals surface area contributed by atoms with Crippen LogP contribution >= 0.6 is 0 Å². The van der Waals surface area contributed by atoms with Gasteiger partial charge in [-0.15, -0.1) is 0 Å². The molecule has 21 heteroatoms. The smallest absolute Gasteiger partial charge is 0.457 e. The lowest BCUT2D eigenvalue weighted by Crippen LogP contribution is -2.86. The first-order chi connectivity index (χ1) is 12.0. The van der Waals surface area contributed by atoms with Gasteiger partial charge >= 0.3 is 36.6 Å². The van der Waals surface area contributed by atoms with Crippen molar-refractivity contribution < 1.29 is 87.6 Å². The lowest BCUT2D eigenvalue weighted by Gasteiger charge is -2.52. The van der Waals surface area contributed by atoms with Gasteiger partial charge in [0.05, 0.1) is 0 Å². The first kappa shape index (κ1) is 27.7. The third kappa shape index (κ3) is 3.26. The van der Waals surface area contributed by atoms with E-state index in [1.165, 1.54) is 0 Å². The molecule has 0 unspecified atom stereocenters. The van der Waals surface area contributed by atoms with Crippen molar-refractivity contribution in [1.82, 2.24) is 0 Å². The van der Waals surface area contributed by atoms with Crippen LogP contribution in [0.2, 0.25) is 0 Å². The summed E-state index contributed by atoms with van der Waals surface area (Å²) in [5, 5.41) is 0. The number of hydrogen-bond acceptors (Lipinski definition) is 3. The van der Waals surface area contributed by atoms with E-state index in [4.69, 9.17) is 0 Å².